The number of pyridine rings is 1. The first-order valence-corrected chi connectivity index (χ1v) is 14.1. The van der Waals surface area contributed by atoms with Crippen LogP contribution in [0.5, 0.6) is 5.88 Å². The lowest BCUT2D eigenvalue weighted by Gasteiger charge is -2.35. The molecule has 2 aromatic heterocycles. The number of anilines is 1. The van der Waals surface area contributed by atoms with Gasteiger partial charge in [-0.25, -0.2) is 19.7 Å². The molecule has 1 N–H and O–H groups in total. The Hall–Kier alpha value is -3.89. The quantitative estimate of drug-likeness (QED) is 0.451. The summed E-state index contributed by atoms with van der Waals surface area (Å²) in [6.07, 6.45) is 9.36. The van der Waals surface area contributed by atoms with Gasteiger partial charge in [-0.3, -0.25) is 14.6 Å². The van der Waals surface area contributed by atoms with Gasteiger partial charge in [0.2, 0.25) is 5.88 Å². The molecule has 0 aliphatic carbocycles. The van der Waals surface area contributed by atoms with E-state index in [1.807, 2.05) is 30.3 Å². The number of nitrogens with zero attached hydrogens (tertiary/aromatic N) is 6. The first-order chi connectivity index (χ1) is 19.6. The third-order valence-corrected chi connectivity index (χ3v) is 7.67. The first kappa shape index (κ1) is 27.7. The molecule has 4 heterocycles. The predicted octanol–water partition coefficient (Wildman–Crippen LogP) is 4.21. The summed E-state index contributed by atoms with van der Waals surface area (Å²) in [7, 11) is 0. The molecule has 2 aliphatic rings. The third-order valence-electron chi connectivity index (χ3n) is 7.67. The van der Waals surface area contributed by atoms with Gasteiger partial charge in [0.1, 0.15) is 6.33 Å². The van der Waals surface area contributed by atoms with E-state index in [-0.39, 0.29) is 11.8 Å². The van der Waals surface area contributed by atoms with E-state index in [0.717, 1.165) is 38.4 Å². The van der Waals surface area contributed by atoms with Gasteiger partial charge >= 0.3 is 6.09 Å². The second kappa shape index (κ2) is 13.5. The number of carbonyl (C=O) groups excluding carboxylic acids is 2. The average Bonchev–Trinajstić information content (AvgIpc) is 2.99. The van der Waals surface area contributed by atoms with Crippen molar-refractivity contribution in [1.82, 2.24) is 29.7 Å². The summed E-state index contributed by atoms with van der Waals surface area (Å²) in [5, 5.41) is 2.87. The largest absolute Gasteiger partial charge is 0.416 e. The van der Waals surface area contributed by atoms with Gasteiger partial charge in [0.25, 0.3) is 5.91 Å². The van der Waals surface area contributed by atoms with Gasteiger partial charge in [-0.2, -0.15) is 0 Å². The third kappa shape index (κ3) is 7.40. The molecule has 2 saturated heterocycles. The molecule has 10 nitrogen and oxygen atoms in total. The fourth-order valence-electron chi connectivity index (χ4n) is 5.33. The van der Waals surface area contributed by atoms with E-state index in [1.165, 1.54) is 37.4 Å². The highest BCUT2D eigenvalue weighted by atomic mass is 16.6. The molecular formula is C30H37N7O3. The highest BCUT2D eigenvalue weighted by molar-refractivity contribution is 6.04. The van der Waals surface area contributed by atoms with Crippen molar-refractivity contribution < 1.29 is 14.3 Å². The maximum atomic E-state index is 12.8. The Balaban J connectivity index is 1.07. The summed E-state index contributed by atoms with van der Waals surface area (Å²) in [5.74, 6) is -0.0128. The summed E-state index contributed by atoms with van der Waals surface area (Å²) < 4.78 is 5.46. The molecule has 2 fully saturated rings. The number of piperidine rings is 1. The highest BCUT2D eigenvalue weighted by Gasteiger charge is 2.23. The summed E-state index contributed by atoms with van der Waals surface area (Å²) in [6, 6.07) is 13.6. The van der Waals surface area contributed by atoms with E-state index in [4.69, 9.17) is 4.74 Å². The topological polar surface area (TPSA) is 104 Å². The van der Waals surface area contributed by atoms with Gasteiger partial charge in [0.05, 0.1) is 17.6 Å². The number of likely N-dealkylation sites (tertiary alicyclic amines) is 1. The van der Waals surface area contributed by atoms with Crippen molar-refractivity contribution in [3.05, 3.63) is 78.0 Å². The minimum absolute atomic E-state index is 0.193. The van der Waals surface area contributed by atoms with Crippen molar-refractivity contribution in [2.45, 2.75) is 51.7 Å². The smallest absolute Gasteiger partial charge is 0.391 e. The molecule has 1 unspecified atom stereocenters. The van der Waals surface area contributed by atoms with Crippen LogP contribution < -0.4 is 10.1 Å². The molecule has 2 aliphatic heterocycles. The molecular weight excluding hydrogens is 506 g/mol. The Kier molecular flexibility index (Phi) is 9.30. The number of hydrogen-bond acceptors (Lipinski definition) is 8. The zero-order valence-corrected chi connectivity index (χ0v) is 23.0. The lowest BCUT2D eigenvalue weighted by molar-refractivity contribution is 0.102. The van der Waals surface area contributed by atoms with Gasteiger partial charge < -0.3 is 15.0 Å². The number of hydrogen-bond donors (Lipinski definition) is 1. The number of benzene rings is 1. The molecule has 0 spiro atoms. The van der Waals surface area contributed by atoms with Crippen molar-refractivity contribution >= 4 is 17.7 Å². The Morgan fingerprint density at radius 3 is 2.48 bits per heavy atom. The number of aromatic nitrogens is 3. The maximum Gasteiger partial charge on any atom is 0.416 e. The van der Waals surface area contributed by atoms with Gasteiger partial charge in [0.15, 0.2) is 0 Å². The summed E-state index contributed by atoms with van der Waals surface area (Å²) in [5.41, 5.74) is 3.30. The van der Waals surface area contributed by atoms with Crippen LogP contribution in [0.15, 0.2) is 61.2 Å². The number of ether oxygens (including phenoxy) is 1. The summed E-state index contributed by atoms with van der Waals surface area (Å²) >= 11 is 0. The summed E-state index contributed by atoms with van der Waals surface area (Å²) in [6.45, 7) is 7.63. The molecule has 0 radical (unpaired) electrons. The lowest BCUT2D eigenvalue weighted by atomic mass is 9.99. The first-order valence-electron chi connectivity index (χ1n) is 14.1. The Labute approximate surface area is 235 Å². The van der Waals surface area contributed by atoms with Crippen molar-refractivity contribution in [2.75, 3.05) is 38.0 Å². The Morgan fingerprint density at radius 2 is 1.77 bits per heavy atom. The molecule has 0 bridgehead atoms. The number of nitrogens with one attached hydrogen (secondary N) is 1. The number of amides is 2. The van der Waals surface area contributed by atoms with E-state index in [0.29, 0.717) is 30.4 Å². The SMILES string of the molecule is CCC1CCCCN1Cc1ccc(C(=O)Nc2ccc(OC(=O)N3CCN(Cc4ccncn4)CC3)nc2)cc1. The minimum atomic E-state index is -0.430. The van der Waals surface area contributed by atoms with Crippen LogP contribution in [0.1, 0.15) is 54.2 Å². The molecule has 10 heteroatoms. The number of piperazine rings is 1. The fourth-order valence-corrected chi connectivity index (χ4v) is 5.33. The van der Waals surface area contributed by atoms with Gasteiger partial charge in [-0.15, -0.1) is 0 Å². The van der Waals surface area contributed by atoms with Crippen LogP contribution in [0.3, 0.4) is 0 Å². The molecule has 210 valence electrons. The van der Waals surface area contributed by atoms with E-state index in [9.17, 15) is 9.59 Å². The van der Waals surface area contributed by atoms with Crippen LogP contribution in [-0.4, -0.2) is 80.4 Å². The summed E-state index contributed by atoms with van der Waals surface area (Å²) in [4.78, 5) is 44.3. The molecule has 1 atom stereocenters. The van der Waals surface area contributed by atoms with Gasteiger partial charge in [-0.1, -0.05) is 25.5 Å². The fraction of sp³-hybridized carbons (Fsp3) is 0.433. The highest BCUT2D eigenvalue weighted by Crippen LogP contribution is 2.22. The second-order valence-electron chi connectivity index (χ2n) is 10.4. The standard InChI is InChI=1S/C30H37N7O3/c1-2-27-5-3-4-14-37(27)20-23-6-8-24(9-7-23)29(38)34-25-10-11-28(32-19-25)40-30(39)36-17-15-35(16-18-36)21-26-12-13-31-22-33-26/h6-13,19,22,27H,2-5,14-18,20-21H2,1H3,(H,34,38). The van der Waals surface area contributed by atoms with Gasteiger partial charge in [0, 0.05) is 63.1 Å². The molecule has 40 heavy (non-hydrogen) atoms. The van der Waals surface area contributed by atoms with E-state index < -0.39 is 6.09 Å². The normalized spacial score (nSPS) is 18.3. The molecule has 5 rings (SSSR count). The predicted molar refractivity (Wildman–Crippen MR) is 152 cm³/mol. The monoisotopic (exact) mass is 543 g/mol. The minimum Gasteiger partial charge on any atom is -0.391 e. The van der Waals surface area contributed by atoms with E-state index in [2.05, 4.69) is 37.0 Å². The van der Waals surface area contributed by atoms with Crippen LogP contribution in [0, 0.1) is 0 Å². The van der Waals surface area contributed by atoms with Crippen LogP contribution in [-0.2, 0) is 13.1 Å². The van der Waals surface area contributed by atoms with E-state index >= 15 is 0 Å². The number of carbonyl (C=O) groups is 2. The molecule has 1 aromatic carbocycles. The Morgan fingerprint density at radius 1 is 0.950 bits per heavy atom. The Bertz CT molecular complexity index is 1250. The maximum absolute atomic E-state index is 12.8. The average molecular weight is 544 g/mol. The van der Waals surface area contributed by atoms with Crippen LogP contribution in [0.25, 0.3) is 0 Å². The van der Waals surface area contributed by atoms with Crippen molar-refractivity contribution in [2.24, 2.45) is 0 Å². The lowest BCUT2D eigenvalue weighted by Crippen LogP contribution is -2.49. The molecule has 3 aromatic rings. The van der Waals surface area contributed by atoms with Crippen LogP contribution in [0.4, 0.5) is 10.5 Å². The molecule has 0 saturated carbocycles. The second-order valence-corrected chi connectivity index (χ2v) is 10.4. The van der Waals surface area contributed by atoms with Crippen molar-refractivity contribution in [1.29, 1.82) is 0 Å². The number of rotatable bonds is 8. The zero-order valence-electron chi connectivity index (χ0n) is 23.0. The van der Waals surface area contributed by atoms with Crippen molar-refractivity contribution in [3.63, 3.8) is 0 Å². The zero-order chi connectivity index (χ0) is 27.7. The van der Waals surface area contributed by atoms with Crippen molar-refractivity contribution in [3.8, 4) is 5.88 Å². The van der Waals surface area contributed by atoms with Crippen LogP contribution in [0.2, 0.25) is 0 Å². The van der Waals surface area contributed by atoms with Crippen LogP contribution >= 0.6 is 0 Å². The van der Waals surface area contributed by atoms with Gasteiger partial charge in [-0.05, 0) is 55.6 Å². The van der Waals surface area contributed by atoms with E-state index in [1.54, 1.807) is 29.6 Å². The molecule has 2 amide bonds.